The van der Waals surface area contributed by atoms with Gasteiger partial charge in [-0.05, 0) is 30.5 Å². The first-order valence-corrected chi connectivity index (χ1v) is 12.4. The summed E-state index contributed by atoms with van der Waals surface area (Å²) < 4.78 is 0. The van der Waals surface area contributed by atoms with Gasteiger partial charge in [-0.3, -0.25) is 24.7 Å². The number of rotatable bonds is 6. The second-order valence-corrected chi connectivity index (χ2v) is 10.1. The van der Waals surface area contributed by atoms with Crippen molar-refractivity contribution in [3.8, 4) is 0 Å². The second-order valence-electron chi connectivity index (χ2n) is 9.08. The first-order valence-electron chi connectivity index (χ1n) is 11.6. The number of carbonyl (C=O) groups is 3. The fraction of sp³-hybridized carbons (Fsp3) is 0.346. The minimum atomic E-state index is -0.444. The third-order valence-electron chi connectivity index (χ3n) is 6.90. The highest BCUT2D eigenvalue weighted by Gasteiger charge is 2.38. The number of carbonyl (C=O) groups excluding carboxylic acids is 3. The van der Waals surface area contributed by atoms with Crippen LogP contribution >= 0.6 is 11.3 Å². The number of ketones is 1. The number of thiazole rings is 1. The Kier molecular flexibility index (Phi) is 6.24. The van der Waals surface area contributed by atoms with Crippen LogP contribution in [0.3, 0.4) is 0 Å². The minimum Gasteiger partial charge on any atom is -0.355 e. The summed E-state index contributed by atoms with van der Waals surface area (Å²) in [7, 11) is 0. The number of fused-ring (bicyclic) bond motifs is 1. The maximum atomic E-state index is 13.1. The Balaban J connectivity index is 1.25. The maximum Gasteiger partial charge on any atom is 0.257 e. The van der Waals surface area contributed by atoms with Crippen LogP contribution < -0.4 is 10.6 Å². The smallest absolute Gasteiger partial charge is 0.257 e. The van der Waals surface area contributed by atoms with Crippen LogP contribution in [0.4, 0.5) is 5.13 Å². The van der Waals surface area contributed by atoms with Gasteiger partial charge in [-0.15, -0.1) is 0 Å². The molecule has 2 aliphatic rings. The van der Waals surface area contributed by atoms with Crippen LogP contribution in [0.5, 0.6) is 0 Å². The molecule has 0 radical (unpaired) electrons. The lowest BCUT2D eigenvalue weighted by molar-refractivity contribution is -0.125. The molecule has 7 nitrogen and oxygen atoms in total. The Hall–Kier alpha value is -3.39. The molecule has 1 fully saturated rings. The third kappa shape index (κ3) is 4.50. The van der Waals surface area contributed by atoms with E-state index >= 15 is 0 Å². The molecular formula is C26H26N4O3S. The molecule has 1 atom stereocenters. The monoisotopic (exact) mass is 474 g/mol. The van der Waals surface area contributed by atoms with Gasteiger partial charge in [0.05, 0.1) is 16.5 Å². The van der Waals surface area contributed by atoms with Gasteiger partial charge in [-0.25, -0.2) is 4.98 Å². The summed E-state index contributed by atoms with van der Waals surface area (Å²) in [6.07, 6.45) is 8.06. The van der Waals surface area contributed by atoms with Crippen LogP contribution in [0, 0.1) is 5.92 Å². The van der Waals surface area contributed by atoms with Gasteiger partial charge >= 0.3 is 0 Å². The van der Waals surface area contributed by atoms with Gasteiger partial charge < -0.3 is 5.32 Å². The van der Waals surface area contributed by atoms with Crippen molar-refractivity contribution in [1.82, 2.24) is 15.3 Å². The first-order chi connectivity index (χ1) is 16.5. The van der Waals surface area contributed by atoms with Crippen LogP contribution in [0.25, 0.3) is 0 Å². The van der Waals surface area contributed by atoms with Gasteiger partial charge in [-0.1, -0.05) is 54.5 Å². The second kappa shape index (κ2) is 9.46. The van der Waals surface area contributed by atoms with E-state index in [0.29, 0.717) is 34.2 Å². The average Bonchev–Trinajstić information content (AvgIpc) is 3.51. The summed E-state index contributed by atoms with van der Waals surface area (Å²) in [5.41, 5.74) is 2.28. The van der Waals surface area contributed by atoms with Gasteiger partial charge in [0.25, 0.3) is 5.91 Å². The number of anilines is 1. The molecule has 2 aromatic heterocycles. The Morgan fingerprint density at radius 3 is 2.50 bits per heavy atom. The molecule has 2 aliphatic carbocycles. The van der Waals surface area contributed by atoms with E-state index < -0.39 is 5.92 Å². The molecule has 0 spiro atoms. The van der Waals surface area contributed by atoms with Gasteiger partial charge in [0, 0.05) is 42.8 Å². The summed E-state index contributed by atoms with van der Waals surface area (Å²) >= 11 is 1.17. The third-order valence-corrected chi connectivity index (χ3v) is 7.96. The van der Waals surface area contributed by atoms with Gasteiger partial charge in [0.15, 0.2) is 10.9 Å². The number of aromatic nitrogens is 2. The van der Waals surface area contributed by atoms with E-state index in [0.717, 1.165) is 25.7 Å². The summed E-state index contributed by atoms with van der Waals surface area (Å²) in [6.45, 7) is 0.581. The number of hydrogen-bond acceptors (Lipinski definition) is 6. The molecule has 0 saturated heterocycles. The molecule has 1 saturated carbocycles. The van der Waals surface area contributed by atoms with Crippen molar-refractivity contribution in [3.05, 3.63) is 76.6 Å². The van der Waals surface area contributed by atoms with Crippen molar-refractivity contribution >= 4 is 34.1 Å². The first kappa shape index (κ1) is 22.4. The molecule has 0 unspecified atom stereocenters. The number of amides is 2. The highest BCUT2D eigenvalue weighted by molar-refractivity contribution is 7.17. The minimum absolute atomic E-state index is 0.0359. The summed E-state index contributed by atoms with van der Waals surface area (Å²) in [5.74, 6) is -0.948. The van der Waals surface area contributed by atoms with E-state index in [-0.39, 0.29) is 29.4 Å². The predicted octanol–water partition coefficient (Wildman–Crippen LogP) is 4.16. The van der Waals surface area contributed by atoms with Crippen molar-refractivity contribution in [2.45, 2.75) is 43.9 Å². The molecule has 2 heterocycles. The quantitative estimate of drug-likeness (QED) is 0.559. The lowest BCUT2D eigenvalue weighted by Gasteiger charge is -2.31. The average molecular weight is 475 g/mol. The number of benzene rings is 1. The zero-order valence-electron chi connectivity index (χ0n) is 18.8. The number of nitrogens with zero attached hydrogens (tertiary/aromatic N) is 2. The molecule has 5 rings (SSSR count). The normalized spacial score (nSPS) is 18.8. The fourth-order valence-electron chi connectivity index (χ4n) is 5.05. The summed E-state index contributed by atoms with van der Waals surface area (Å²) in [4.78, 5) is 47.2. The van der Waals surface area contributed by atoms with E-state index in [1.807, 2.05) is 18.2 Å². The van der Waals surface area contributed by atoms with E-state index in [2.05, 4.69) is 32.7 Å². The van der Waals surface area contributed by atoms with Crippen molar-refractivity contribution in [1.29, 1.82) is 0 Å². The summed E-state index contributed by atoms with van der Waals surface area (Å²) in [6, 6.07) is 13.6. The number of nitrogens with one attached hydrogen (secondary N) is 2. The van der Waals surface area contributed by atoms with Crippen LogP contribution in [0.15, 0.2) is 54.9 Å². The van der Waals surface area contributed by atoms with Crippen LogP contribution in [0.2, 0.25) is 0 Å². The van der Waals surface area contributed by atoms with Crippen molar-refractivity contribution in [3.63, 3.8) is 0 Å². The van der Waals surface area contributed by atoms with E-state index in [1.54, 1.807) is 24.5 Å². The lowest BCUT2D eigenvalue weighted by Crippen LogP contribution is -2.43. The van der Waals surface area contributed by atoms with Gasteiger partial charge in [-0.2, -0.15) is 0 Å². The fourth-order valence-corrected chi connectivity index (χ4v) is 5.99. The molecule has 2 N–H and O–H groups in total. The van der Waals surface area contributed by atoms with Crippen LogP contribution in [0.1, 0.15) is 63.4 Å². The van der Waals surface area contributed by atoms with E-state index in [4.69, 9.17) is 0 Å². The zero-order chi connectivity index (χ0) is 23.5. The largest absolute Gasteiger partial charge is 0.355 e. The predicted molar refractivity (Wildman–Crippen MR) is 130 cm³/mol. The van der Waals surface area contributed by atoms with E-state index in [9.17, 15) is 14.4 Å². The number of Topliss-reactive ketones (excluding diaryl/α,β-unsaturated/α-hetero) is 1. The molecule has 0 bridgehead atoms. The molecule has 174 valence electrons. The molecule has 3 aromatic rings. The van der Waals surface area contributed by atoms with Gasteiger partial charge in [0.1, 0.15) is 0 Å². The summed E-state index contributed by atoms with van der Waals surface area (Å²) in [5, 5.41) is 6.28. The number of pyridine rings is 1. The standard InChI is InChI=1S/C26H26N4O3S/c31-21-15-18(23(32)28-16-26(10-4-5-11-26)19-6-2-1-3-7-19)14-20-22(21)34-25(29-20)30-24(33)17-8-12-27-13-9-17/h1-3,6-9,12-13,18H,4-5,10-11,14-16H2,(H,28,32)(H,29,30,33)/t18-/m0/s1. The Bertz CT molecular complexity index is 1200. The van der Waals surface area contributed by atoms with Crippen molar-refractivity contribution in [2.24, 2.45) is 5.92 Å². The molecule has 1 aromatic carbocycles. The number of hydrogen-bond donors (Lipinski definition) is 2. The van der Waals surface area contributed by atoms with E-state index in [1.165, 1.54) is 16.9 Å². The highest BCUT2D eigenvalue weighted by Crippen LogP contribution is 2.41. The van der Waals surface area contributed by atoms with Gasteiger partial charge in [0.2, 0.25) is 5.91 Å². The maximum absolute atomic E-state index is 13.1. The van der Waals surface area contributed by atoms with Crippen molar-refractivity contribution in [2.75, 3.05) is 11.9 Å². The SMILES string of the molecule is O=C(Nc1nc2c(s1)C(=O)C[C@@H](C(=O)NCC1(c3ccccc3)CCCC1)C2)c1ccncc1. The Labute approximate surface area is 202 Å². The Morgan fingerprint density at radius 1 is 1.03 bits per heavy atom. The van der Waals surface area contributed by atoms with Crippen LogP contribution in [-0.2, 0) is 16.6 Å². The zero-order valence-corrected chi connectivity index (χ0v) is 19.6. The molecular weight excluding hydrogens is 448 g/mol. The lowest BCUT2D eigenvalue weighted by atomic mass is 9.78. The Morgan fingerprint density at radius 2 is 1.76 bits per heavy atom. The molecule has 34 heavy (non-hydrogen) atoms. The van der Waals surface area contributed by atoms with Crippen molar-refractivity contribution < 1.29 is 14.4 Å². The molecule has 0 aliphatic heterocycles. The molecule has 2 amide bonds. The topological polar surface area (TPSA) is 101 Å². The van der Waals surface area contributed by atoms with Crippen LogP contribution in [-0.4, -0.2) is 34.1 Å². The molecule has 8 heteroatoms. The highest BCUT2D eigenvalue weighted by atomic mass is 32.1.